The predicted octanol–water partition coefficient (Wildman–Crippen LogP) is 1.75. The van der Waals surface area contributed by atoms with E-state index >= 15 is 0 Å². The van der Waals surface area contributed by atoms with Gasteiger partial charge < -0.3 is 9.88 Å². The minimum atomic E-state index is -0.138. The number of benzene rings is 1. The van der Waals surface area contributed by atoms with Gasteiger partial charge in [0.05, 0.1) is 11.6 Å². The Bertz CT molecular complexity index is 670. The first kappa shape index (κ1) is 12.8. The number of hydrogen-bond donors (Lipinski definition) is 1. The summed E-state index contributed by atoms with van der Waals surface area (Å²) in [5.74, 6) is 0.326. The molecule has 0 fully saturated rings. The lowest BCUT2D eigenvalue weighted by atomic mass is 10.1. The number of aryl methyl sites for hydroxylation is 1. The molecule has 0 saturated heterocycles. The van der Waals surface area contributed by atoms with Gasteiger partial charge in [-0.2, -0.15) is 5.26 Å². The van der Waals surface area contributed by atoms with Crippen molar-refractivity contribution in [3.05, 3.63) is 58.1 Å². The summed E-state index contributed by atoms with van der Waals surface area (Å²) in [4.78, 5) is 16.0. The fraction of sp³-hybridized carbons (Fsp3) is 0.214. The Labute approximate surface area is 111 Å². The van der Waals surface area contributed by atoms with Crippen molar-refractivity contribution in [1.82, 2.24) is 9.55 Å². The van der Waals surface area contributed by atoms with Crippen LogP contribution in [0.15, 0.2) is 41.5 Å². The van der Waals surface area contributed by atoms with Crippen LogP contribution in [-0.2, 0) is 13.1 Å². The molecule has 5 heteroatoms. The maximum Gasteiger partial charge on any atom is 0.293 e. The van der Waals surface area contributed by atoms with Crippen LogP contribution in [0.25, 0.3) is 0 Å². The summed E-state index contributed by atoms with van der Waals surface area (Å²) in [5.41, 5.74) is 1.40. The zero-order valence-corrected chi connectivity index (χ0v) is 10.6. The van der Waals surface area contributed by atoms with Crippen molar-refractivity contribution >= 4 is 5.82 Å². The van der Waals surface area contributed by atoms with E-state index in [1.807, 2.05) is 19.1 Å². The van der Waals surface area contributed by atoms with Gasteiger partial charge in [0, 0.05) is 25.5 Å². The van der Waals surface area contributed by atoms with Gasteiger partial charge in [-0.1, -0.05) is 12.1 Å². The molecular weight excluding hydrogens is 240 g/mol. The Morgan fingerprint density at radius 3 is 3.05 bits per heavy atom. The molecule has 96 valence electrons. The second-order valence-corrected chi connectivity index (χ2v) is 4.03. The van der Waals surface area contributed by atoms with E-state index in [1.54, 1.807) is 29.1 Å². The molecule has 0 aliphatic rings. The second kappa shape index (κ2) is 5.83. The van der Waals surface area contributed by atoms with Gasteiger partial charge in [0.1, 0.15) is 0 Å². The molecule has 1 aromatic carbocycles. The lowest BCUT2D eigenvalue weighted by Gasteiger charge is -2.07. The Morgan fingerprint density at radius 1 is 1.47 bits per heavy atom. The van der Waals surface area contributed by atoms with Crippen molar-refractivity contribution in [1.29, 1.82) is 5.26 Å². The first-order chi connectivity index (χ1) is 9.24. The summed E-state index contributed by atoms with van der Waals surface area (Å²) in [7, 11) is 0. The van der Waals surface area contributed by atoms with Crippen LogP contribution in [0.2, 0.25) is 0 Å². The maximum absolute atomic E-state index is 11.9. The summed E-state index contributed by atoms with van der Waals surface area (Å²) in [6, 6.07) is 9.33. The molecule has 2 aromatic rings. The van der Waals surface area contributed by atoms with Gasteiger partial charge >= 0.3 is 0 Å². The Hall–Kier alpha value is -2.61. The molecule has 0 amide bonds. The molecule has 0 aliphatic heterocycles. The number of rotatable bonds is 4. The normalized spacial score (nSPS) is 9.89. The fourth-order valence-corrected chi connectivity index (χ4v) is 1.75. The molecule has 0 radical (unpaired) electrons. The monoisotopic (exact) mass is 254 g/mol. The van der Waals surface area contributed by atoms with Gasteiger partial charge in [-0.25, -0.2) is 4.98 Å². The minimum absolute atomic E-state index is 0.138. The first-order valence-corrected chi connectivity index (χ1v) is 6.03. The molecule has 0 saturated carbocycles. The molecule has 0 aliphatic carbocycles. The quantitative estimate of drug-likeness (QED) is 0.902. The van der Waals surface area contributed by atoms with E-state index < -0.39 is 0 Å². The van der Waals surface area contributed by atoms with Crippen LogP contribution in [0.5, 0.6) is 0 Å². The van der Waals surface area contributed by atoms with Crippen molar-refractivity contribution in [3.63, 3.8) is 0 Å². The standard InChI is InChI=1S/C14H14N4O/c1-2-18-7-6-16-13(14(18)19)17-10-12-5-3-4-11(8-12)9-15/h3-8H,2,10H2,1H3,(H,16,17). The number of hydrogen-bond acceptors (Lipinski definition) is 4. The average Bonchev–Trinajstić information content (AvgIpc) is 2.46. The highest BCUT2D eigenvalue weighted by atomic mass is 16.1. The average molecular weight is 254 g/mol. The van der Waals surface area contributed by atoms with Crippen molar-refractivity contribution in [2.45, 2.75) is 20.0 Å². The van der Waals surface area contributed by atoms with Gasteiger partial charge in [-0.15, -0.1) is 0 Å². The van der Waals surface area contributed by atoms with Gasteiger partial charge in [-0.05, 0) is 24.6 Å². The van der Waals surface area contributed by atoms with Gasteiger partial charge in [0.25, 0.3) is 5.56 Å². The van der Waals surface area contributed by atoms with Gasteiger partial charge in [-0.3, -0.25) is 4.79 Å². The van der Waals surface area contributed by atoms with E-state index in [0.29, 0.717) is 24.5 Å². The van der Waals surface area contributed by atoms with Crippen molar-refractivity contribution in [3.8, 4) is 6.07 Å². The van der Waals surface area contributed by atoms with E-state index in [1.165, 1.54) is 0 Å². The van der Waals surface area contributed by atoms with E-state index in [4.69, 9.17) is 5.26 Å². The fourth-order valence-electron chi connectivity index (χ4n) is 1.75. The van der Waals surface area contributed by atoms with E-state index in [2.05, 4.69) is 16.4 Å². The number of aromatic nitrogens is 2. The Kier molecular flexibility index (Phi) is 3.94. The van der Waals surface area contributed by atoms with Crippen LogP contribution < -0.4 is 10.9 Å². The molecule has 2 rings (SSSR count). The number of anilines is 1. The molecular formula is C14H14N4O. The van der Waals surface area contributed by atoms with Crippen LogP contribution in [0.4, 0.5) is 5.82 Å². The molecule has 5 nitrogen and oxygen atoms in total. The van der Waals surface area contributed by atoms with Crippen LogP contribution >= 0.6 is 0 Å². The third-order valence-corrected chi connectivity index (χ3v) is 2.77. The van der Waals surface area contributed by atoms with Gasteiger partial charge in [0.2, 0.25) is 0 Å². The molecule has 19 heavy (non-hydrogen) atoms. The number of nitrogens with one attached hydrogen (secondary N) is 1. The van der Waals surface area contributed by atoms with Crippen LogP contribution in [0.1, 0.15) is 18.1 Å². The van der Waals surface area contributed by atoms with Crippen molar-refractivity contribution < 1.29 is 0 Å². The molecule has 0 bridgehead atoms. The zero-order chi connectivity index (χ0) is 13.7. The summed E-state index contributed by atoms with van der Waals surface area (Å²) in [6.45, 7) is 2.98. The lowest BCUT2D eigenvalue weighted by molar-refractivity contribution is 0.718. The Morgan fingerprint density at radius 2 is 2.32 bits per heavy atom. The SMILES string of the molecule is CCn1ccnc(NCc2cccc(C#N)c2)c1=O. The van der Waals surface area contributed by atoms with Crippen LogP contribution in [0, 0.1) is 11.3 Å². The predicted molar refractivity (Wildman–Crippen MR) is 72.7 cm³/mol. The topological polar surface area (TPSA) is 70.7 Å². The lowest BCUT2D eigenvalue weighted by Crippen LogP contribution is -2.23. The smallest absolute Gasteiger partial charge is 0.293 e. The third-order valence-electron chi connectivity index (χ3n) is 2.77. The number of nitriles is 1. The minimum Gasteiger partial charge on any atom is -0.361 e. The number of nitrogens with zero attached hydrogens (tertiary/aromatic N) is 3. The maximum atomic E-state index is 11.9. The third kappa shape index (κ3) is 2.99. The highest BCUT2D eigenvalue weighted by Crippen LogP contribution is 2.05. The summed E-state index contributed by atoms with van der Waals surface area (Å²) in [6.07, 6.45) is 3.25. The van der Waals surface area contributed by atoms with E-state index in [0.717, 1.165) is 5.56 Å². The molecule has 0 spiro atoms. The highest BCUT2D eigenvalue weighted by molar-refractivity contribution is 5.36. The van der Waals surface area contributed by atoms with E-state index in [9.17, 15) is 4.79 Å². The molecule has 1 N–H and O–H groups in total. The largest absolute Gasteiger partial charge is 0.361 e. The summed E-state index contributed by atoms with van der Waals surface area (Å²) < 4.78 is 1.58. The first-order valence-electron chi connectivity index (χ1n) is 6.03. The van der Waals surface area contributed by atoms with Crippen LogP contribution in [0.3, 0.4) is 0 Å². The van der Waals surface area contributed by atoms with Crippen molar-refractivity contribution in [2.24, 2.45) is 0 Å². The molecule has 0 unspecified atom stereocenters. The molecule has 0 atom stereocenters. The second-order valence-electron chi connectivity index (χ2n) is 4.03. The van der Waals surface area contributed by atoms with Crippen molar-refractivity contribution in [2.75, 3.05) is 5.32 Å². The summed E-state index contributed by atoms with van der Waals surface area (Å²) >= 11 is 0. The highest BCUT2D eigenvalue weighted by Gasteiger charge is 2.03. The molecule has 1 heterocycles. The Balaban J connectivity index is 2.15. The van der Waals surface area contributed by atoms with Gasteiger partial charge in [0.15, 0.2) is 5.82 Å². The summed E-state index contributed by atoms with van der Waals surface area (Å²) in [5, 5.41) is 11.8. The van der Waals surface area contributed by atoms with E-state index in [-0.39, 0.29) is 5.56 Å². The zero-order valence-electron chi connectivity index (χ0n) is 10.6. The van der Waals surface area contributed by atoms with Crippen LogP contribution in [-0.4, -0.2) is 9.55 Å². The molecule has 1 aromatic heterocycles.